The highest BCUT2D eigenvalue weighted by atomic mass is 79.9. The molecule has 19 heavy (non-hydrogen) atoms. The normalized spacial score (nSPS) is 12.9. The van der Waals surface area contributed by atoms with E-state index in [0.29, 0.717) is 14.3 Å². The number of nitrogens with one attached hydrogen (secondary N) is 1. The van der Waals surface area contributed by atoms with Crippen LogP contribution in [0.3, 0.4) is 0 Å². The standard InChI is InChI=1S/C12H11Br2FN2OS/c1-5(2)9(14)11(18)17-12-16-10-7(15)3-6(13)4-8(10)19-12/h3-5,9H,1-2H3,(H,16,17,18)/t9-/m0/s1. The molecule has 0 bridgehead atoms. The van der Waals surface area contributed by atoms with Gasteiger partial charge in [-0.2, -0.15) is 0 Å². The molecule has 1 amide bonds. The number of benzene rings is 1. The lowest BCUT2D eigenvalue weighted by Crippen LogP contribution is -2.26. The zero-order chi connectivity index (χ0) is 14.2. The van der Waals surface area contributed by atoms with Crippen LogP contribution in [0.5, 0.6) is 0 Å². The summed E-state index contributed by atoms with van der Waals surface area (Å²) in [5.41, 5.74) is 0.277. The molecular weight excluding hydrogens is 399 g/mol. The topological polar surface area (TPSA) is 42.0 Å². The molecule has 102 valence electrons. The third-order valence-corrected chi connectivity index (χ3v) is 5.33. The number of aromatic nitrogens is 1. The molecule has 0 aliphatic heterocycles. The average Bonchev–Trinajstić information content (AvgIpc) is 2.70. The van der Waals surface area contributed by atoms with Crippen LogP contribution in [0, 0.1) is 11.7 Å². The number of amides is 1. The summed E-state index contributed by atoms with van der Waals surface area (Å²) < 4.78 is 15.0. The molecule has 0 unspecified atom stereocenters. The molecule has 1 N–H and O–H groups in total. The third kappa shape index (κ3) is 3.32. The van der Waals surface area contributed by atoms with Crippen LogP contribution in [0.1, 0.15) is 13.8 Å². The van der Waals surface area contributed by atoms with Gasteiger partial charge in [0.15, 0.2) is 10.9 Å². The smallest absolute Gasteiger partial charge is 0.240 e. The van der Waals surface area contributed by atoms with E-state index >= 15 is 0 Å². The van der Waals surface area contributed by atoms with Crippen LogP contribution in [-0.2, 0) is 4.79 Å². The highest BCUT2D eigenvalue weighted by Crippen LogP contribution is 2.31. The Bertz CT molecular complexity index is 629. The van der Waals surface area contributed by atoms with Crippen molar-refractivity contribution in [3.63, 3.8) is 0 Å². The van der Waals surface area contributed by atoms with Crippen molar-refractivity contribution in [3.05, 3.63) is 22.4 Å². The van der Waals surface area contributed by atoms with Crippen molar-refractivity contribution in [1.29, 1.82) is 0 Å². The molecule has 2 rings (SSSR count). The number of nitrogens with zero attached hydrogens (tertiary/aromatic N) is 1. The van der Waals surface area contributed by atoms with Crippen LogP contribution < -0.4 is 5.32 Å². The molecule has 0 aliphatic rings. The van der Waals surface area contributed by atoms with E-state index in [1.165, 1.54) is 17.4 Å². The maximum atomic E-state index is 13.7. The van der Waals surface area contributed by atoms with Gasteiger partial charge in [-0.1, -0.05) is 57.0 Å². The Morgan fingerprint density at radius 2 is 2.16 bits per heavy atom. The van der Waals surface area contributed by atoms with Gasteiger partial charge in [-0.15, -0.1) is 0 Å². The molecule has 1 heterocycles. The molecule has 1 aromatic carbocycles. The minimum Gasteiger partial charge on any atom is -0.301 e. The largest absolute Gasteiger partial charge is 0.301 e. The number of anilines is 1. The summed E-state index contributed by atoms with van der Waals surface area (Å²) in [4.78, 5) is 15.7. The van der Waals surface area contributed by atoms with Crippen molar-refractivity contribution in [3.8, 4) is 0 Å². The molecule has 0 saturated heterocycles. The monoisotopic (exact) mass is 408 g/mol. The van der Waals surface area contributed by atoms with E-state index in [4.69, 9.17) is 0 Å². The van der Waals surface area contributed by atoms with Gasteiger partial charge in [-0.3, -0.25) is 4.79 Å². The van der Waals surface area contributed by atoms with Crippen LogP contribution in [0.4, 0.5) is 9.52 Å². The summed E-state index contributed by atoms with van der Waals surface area (Å²) in [6, 6.07) is 3.13. The second-order valence-corrected chi connectivity index (χ2v) is 7.32. The molecule has 0 fully saturated rings. The van der Waals surface area contributed by atoms with E-state index in [1.807, 2.05) is 13.8 Å². The van der Waals surface area contributed by atoms with Gasteiger partial charge >= 0.3 is 0 Å². The third-order valence-electron chi connectivity index (χ3n) is 2.48. The molecule has 0 radical (unpaired) electrons. The Hall–Kier alpha value is -0.530. The number of alkyl halides is 1. The SMILES string of the molecule is CC(C)[C@H](Br)C(=O)Nc1nc2c(F)cc(Br)cc2s1. The Kier molecular flexibility index (Phi) is 4.58. The van der Waals surface area contributed by atoms with E-state index in [2.05, 4.69) is 42.2 Å². The van der Waals surface area contributed by atoms with Crippen molar-refractivity contribution in [2.75, 3.05) is 5.32 Å². The Morgan fingerprint density at radius 3 is 2.79 bits per heavy atom. The van der Waals surface area contributed by atoms with Crippen molar-refractivity contribution in [2.24, 2.45) is 5.92 Å². The molecule has 7 heteroatoms. The highest BCUT2D eigenvalue weighted by Gasteiger charge is 2.20. The maximum Gasteiger partial charge on any atom is 0.240 e. The van der Waals surface area contributed by atoms with Gasteiger partial charge in [0.2, 0.25) is 5.91 Å². The first-order valence-corrected chi connectivity index (χ1v) is 8.11. The van der Waals surface area contributed by atoms with E-state index in [1.54, 1.807) is 6.07 Å². The second kappa shape index (κ2) is 5.85. The molecule has 1 atom stereocenters. The van der Waals surface area contributed by atoms with Crippen molar-refractivity contribution >= 4 is 64.5 Å². The minimum absolute atomic E-state index is 0.167. The Labute approximate surface area is 130 Å². The van der Waals surface area contributed by atoms with Gasteiger partial charge in [-0.05, 0) is 18.1 Å². The number of carbonyl (C=O) groups excluding carboxylic acids is 1. The molecule has 0 saturated carbocycles. The number of hydrogen-bond acceptors (Lipinski definition) is 3. The minimum atomic E-state index is -0.402. The van der Waals surface area contributed by atoms with Gasteiger partial charge in [0.1, 0.15) is 5.52 Å². The van der Waals surface area contributed by atoms with Crippen molar-refractivity contribution in [2.45, 2.75) is 18.7 Å². The van der Waals surface area contributed by atoms with Crippen LogP contribution in [0.15, 0.2) is 16.6 Å². The fourth-order valence-electron chi connectivity index (χ4n) is 1.49. The lowest BCUT2D eigenvalue weighted by atomic mass is 10.1. The number of rotatable bonds is 3. The van der Waals surface area contributed by atoms with E-state index in [0.717, 1.165) is 0 Å². The van der Waals surface area contributed by atoms with Crippen LogP contribution in [0.2, 0.25) is 0 Å². The second-order valence-electron chi connectivity index (χ2n) is 4.39. The summed E-state index contributed by atoms with van der Waals surface area (Å²) in [6.45, 7) is 3.88. The first-order valence-electron chi connectivity index (χ1n) is 5.59. The number of hydrogen-bond donors (Lipinski definition) is 1. The zero-order valence-corrected chi connectivity index (χ0v) is 14.2. The molecular formula is C12H11Br2FN2OS. The molecule has 3 nitrogen and oxygen atoms in total. The summed E-state index contributed by atoms with van der Waals surface area (Å²) in [5, 5.41) is 3.10. The number of carbonyl (C=O) groups is 1. The number of halogens is 3. The fourth-order valence-corrected chi connectivity index (χ4v) is 3.11. The molecule has 0 spiro atoms. The van der Waals surface area contributed by atoms with Gasteiger partial charge in [0, 0.05) is 4.47 Å². The van der Waals surface area contributed by atoms with Crippen molar-refractivity contribution < 1.29 is 9.18 Å². The lowest BCUT2D eigenvalue weighted by Gasteiger charge is -2.11. The van der Waals surface area contributed by atoms with Gasteiger partial charge in [-0.25, -0.2) is 9.37 Å². The van der Waals surface area contributed by atoms with Crippen LogP contribution in [0.25, 0.3) is 10.2 Å². The van der Waals surface area contributed by atoms with Crippen LogP contribution in [-0.4, -0.2) is 15.7 Å². The molecule has 0 aliphatic carbocycles. The van der Waals surface area contributed by atoms with E-state index < -0.39 is 5.82 Å². The molecule has 2 aromatic rings. The lowest BCUT2D eigenvalue weighted by molar-refractivity contribution is -0.116. The number of fused-ring (bicyclic) bond motifs is 1. The van der Waals surface area contributed by atoms with Crippen LogP contribution >= 0.6 is 43.2 Å². The predicted octanol–water partition coefficient (Wildman–Crippen LogP) is 4.56. The predicted molar refractivity (Wildman–Crippen MR) is 83.5 cm³/mol. The van der Waals surface area contributed by atoms with Gasteiger partial charge < -0.3 is 5.32 Å². The summed E-state index contributed by atoms with van der Waals surface area (Å²) in [7, 11) is 0. The van der Waals surface area contributed by atoms with E-state index in [-0.39, 0.29) is 22.2 Å². The summed E-state index contributed by atoms with van der Waals surface area (Å²) in [6.07, 6.45) is 0. The highest BCUT2D eigenvalue weighted by molar-refractivity contribution is 9.10. The van der Waals surface area contributed by atoms with E-state index in [9.17, 15) is 9.18 Å². The summed E-state index contributed by atoms with van der Waals surface area (Å²) >= 11 is 7.80. The Morgan fingerprint density at radius 1 is 1.47 bits per heavy atom. The number of thiazole rings is 1. The first kappa shape index (κ1) is 14.9. The fraction of sp³-hybridized carbons (Fsp3) is 0.333. The summed E-state index contributed by atoms with van der Waals surface area (Å²) in [5.74, 6) is -0.408. The Balaban J connectivity index is 2.27. The van der Waals surface area contributed by atoms with Gasteiger partial charge in [0.25, 0.3) is 0 Å². The average molecular weight is 410 g/mol. The quantitative estimate of drug-likeness (QED) is 0.755. The zero-order valence-electron chi connectivity index (χ0n) is 10.2. The first-order chi connectivity index (χ1) is 8.88. The molecule has 1 aromatic heterocycles. The van der Waals surface area contributed by atoms with Crippen molar-refractivity contribution in [1.82, 2.24) is 4.98 Å². The van der Waals surface area contributed by atoms with Gasteiger partial charge in [0.05, 0.1) is 9.53 Å². The maximum absolute atomic E-state index is 13.7.